The molecule has 2 rings (SSSR count). The maximum absolute atomic E-state index is 5.69. The SMILES string of the molecule is CCOc1ccccc1-c1nnc(SC(C)CC)o1. The van der Waals surface area contributed by atoms with E-state index in [-0.39, 0.29) is 0 Å². The summed E-state index contributed by atoms with van der Waals surface area (Å²) in [7, 11) is 0. The third-order valence-corrected chi connectivity index (χ3v) is 3.80. The van der Waals surface area contributed by atoms with E-state index in [9.17, 15) is 0 Å². The molecule has 0 bridgehead atoms. The molecule has 1 aromatic heterocycles. The predicted octanol–water partition coefficient (Wildman–Crippen LogP) is 4.03. The molecule has 0 aliphatic rings. The zero-order valence-corrected chi connectivity index (χ0v) is 12.2. The highest BCUT2D eigenvalue weighted by Gasteiger charge is 2.14. The topological polar surface area (TPSA) is 48.2 Å². The number of benzene rings is 1. The van der Waals surface area contributed by atoms with Crippen LogP contribution in [0.5, 0.6) is 5.75 Å². The van der Waals surface area contributed by atoms with E-state index in [1.54, 1.807) is 11.8 Å². The molecule has 2 aromatic rings. The molecule has 0 amide bonds. The third-order valence-electron chi connectivity index (χ3n) is 2.70. The lowest BCUT2D eigenvalue weighted by molar-refractivity contribution is 0.340. The lowest BCUT2D eigenvalue weighted by Gasteiger charge is -2.06. The Hall–Kier alpha value is -1.49. The Balaban J connectivity index is 2.22. The molecule has 1 aromatic carbocycles. The number of rotatable bonds is 6. The van der Waals surface area contributed by atoms with E-state index < -0.39 is 0 Å². The van der Waals surface area contributed by atoms with Gasteiger partial charge in [-0.15, -0.1) is 10.2 Å². The van der Waals surface area contributed by atoms with E-state index in [0.29, 0.717) is 23.0 Å². The first-order valence-corrected chi connectivity index (χ1v) is 7.34. The number of hydrogen-bond acceptors (Lipinski definition) is 5. The maximum atomic E-state index is 5.69. The number of aromatic nitrogens is 2. The zero-order valence-electron chi connectivity index (χ0n) is 11.4. The predicted molar refractivity (Wildman–Crippen MR) is 76.5 cm³/mol. The number of nitrogens with zero attached hydrogens (tertiary/aromatic N) is 2. The summed E-state index contributed by atoms with van der Waals surface area (Å²) >= 11 is 1.60. The highest BCUT2D eigenvalue weighted by molar-refractivity contribution is 7.99. The minimum absolute atomic E-state index is 0.468. The number of thioether (sulfide) groups is 1. The second-order valence-electron chi connectivity index (χ2n) is 4.14. The number of para-hydroxylation sites is 1. The van der Waals surface area contributed by atoms with Crippen molar-refractivity contribution in [3.05, 3.63) is 24.3 Å². The van der Waals surface area contributed by atoms with Crippen LogP contribution < -0.4 is 4.74 Å². The summed E-state index contributed by atoms with van der Waals surface area (Å²) in [6, 6.07) is 7.70. The molecule has 0 saturated heterocycles. The van der Waals surface area contributed by atoms with Gasteiger partial charge in [0.15, 0.2) is 0 Å². The monoisotopic (exact) mass is 278 g/mol. The van der Waals surface area contributed by atoms with Gasteiger partial charge in [0.05, 0.1) is 12.2 Å². The van der Waals surface area contributed by atoms with Crippen LogP contribution in [0.1, 0.15) is 27.2 Å². The fraction of sp³-hybridized carbons (Fsp3) is 0.429. The van der Waals surface area contributed by atoms with Gasteiger partial charge in [-0.25, -0.2) is 0 Å². The summed E-state index contributed by atoms with van der Waals surface area (Å²) in [6.07, 6.45) is 1.07. The van der Waals surface area contributed by atoms with Crippen molar-refractivity contribution in [1.82, 2.24) is 10.2 Å². The Morgan fingerprint density at radius 3 is 2.79 bits per heavy atom. The van der Waals surface area contributed by atoms with Gasteiger partial charge >= 0.3 is 0 Å². The molecule has 0 fully saturated rings. The molecule has 0 N–H and O–H groups in total. The molecule has 5 heteroatoms. The summed E-state index contributed by atoms with van der Waals surface area (Å²) in [5.41, 5.74) is 0.841. The molecule has 0 spiro atoms. The van der Waals surface area contributed by atoms with E-state index in [1.165, 1.54) is 0 Å². The van der Waals surface area contributed by atoms with Crippen LogP contribution in [0.4, 0.5) is 0 Å². The average Bonchev–Trinajstić information content (AvgIpc) is 2.88. The summed E-state index contributed by atoms with van der Waals surface area (Å²) in [6.45, 7) is 6.84. The van der Waals surface area contributed by atoms with Crippen molar-refractivity contribution >= 4 is 11.8 Å². The molecule has 0 aliphatic heterocycles. The van der Waals surface area contributed by atoms with Crippen molar-refractivity contribution in [3.8, 4) is 17.2 Å². The first kappa shape index (κ1) is 13.9. The molecule has 1 heterocycles. The summed E-state index contributed by atoms with van der Waals surface area (Å²) < 4.78 is 11.3. The highest BCUT2D eigenvalue weighted by atomic mass is 32.2. The van der Waals surface area contributed by atoms with Gasteiger partial charge in [0.1, 0.15) is 5.75 Å². The Bertz CT molecular complexity index is 528. The van der Waals surface area contributed by atoms with Crippen LogP contribution >= 0.6 is 11.8 Å². The van der Waals surface area contributed by atoms with Crippen molar-refractivity contribution < 1.29 is 9.15 Å². The van der Waals surface area contributed by atoms with Crippen molar-refractivity contribution in [3.63, 3.8) is 0 Å². The van der Waals surface area contributed by atoms with E-state index >= 15 is 0 Å². The van der Waals surface area contributed by atoms with Gasteiger partial charge in [0.25, 0.3) is 11.1 Å². The lowest BCUT2D eigenvalue weighted by atomic mass is 10.2. The zero-order chi connectivity index (χ0) is 13.7. The first-order valence-electron chi connectivity index (χ1n) is 6.47. The Morgan fingerprint density at radius 2 is 2.05 bits per heavy atom. The molecule has 102 valence electrons. The van der Waals surface area contributed by atoms with Gasteiger partial charge < -0.3 is 9.15 Å². The Labute approximate surface area is 117 Å². The van der Waals surface area contributed by atoms with E-state index in [0.717, 1.165) is 17.7 Å². The van der Waals surface area contributed by atoms with Gasteiger partial charge in [-0.2, -0.15) is 0 Å². The molecule has 0 saturated carbocycles. The average molecular weight is 278 g/mol. The third kappa shape index (κ3) is 3.50. The molecule has 1 atom stereocenters. The number of ether oxygens (including phenoxy) is 1. The van der Waals surface area contributed by atoms with Crippen molar-refractivity contribution in [1.29, 1.82) is 0 Å². The van der Waals surface area contributed by atoms with Gasteiger partial charge in [0.2, 0.25) is 0 Å². The smallest absolute Gasteiger partial charge is 0.277 e. The Kier molecular flexibility index (Phi) is 4.85. The van der Waals surface area contributed by atoms with Gasteiger partial charge in [-0.3, -0.25) is 0 Å². The van der Waals surface area contributed by atoms with Crippen LogP contribution in [-0.2, 0) is 0 Å². The molecule has 0 aliphatic carbocycles. The number of hydrogen-bond donors (Lipinski definition) is 0. The van der Waals surface area contributed by atoms with E-state index in [2.05, 4.69) is 24.0 Å². The summed E-state index contributed by atoms with van der Waals surface area (Å²) in [5.74, 6) is 1.28. The van der Waals surface area contributed by atoms with Crippen LogP contribution in [0.25, 0.3) is 11.5 Å². The fourth-order valence-electron chi connectivity index (χ4n) is 1.55. The van der Waals surface area contributed by atoms with Crippen molar-refractivity contribution in [2.75, 3.05) is 6.61 Å². The fourth-order valence-corrected chi connectivity index (χ4v) is 2.27. The first-order chi connectivity index (χ1) is 9.24. The normalized spacial score (nSPS) is 12.4. The maximum Gasteiger partial charge on any atom is 0.277 e. The minimum Gasteiger partial charge on any atom is -0.493 e. The van der Waals surface area contributed by atoms with E-state index in [4.69, 9.17) is 9.15 Å². The standard InChI is InChI=1S/C14H18N2O2S/c1-4-10(3)19-14-16-15-13(18-14)11-8-6-7-9-12(11)17-5-2/h6-10H,4-5H2,1-3H3. The molecule has 4 nitrogen and oxygen atoms in total. The quantitative estimate of drug-likeness (QED) is 0.747. The Morgan fingerprint density at radius 1 is 1.26 bits per heavy atom. The van der Waals surface area contributed by atoms with Crippen LogP contribution in [0.15, 0.2) is 33.9 Å². The van der Waals surface area contributed by atoms with Crippen LogP contribution in [0, 0.1) is 0 Å². The van der Waals surface area contributed by atoms with Crippen molar-refractivity contribution in [2.45, 2.75) is 37.7 Å². The van der Waals surface area contributed by atoms with Gasteiger partial charge in [-0.1, -0.05) is 37.7 Å². The molecule has 19 heavy (non-hydrogen) atoms. The van der Waals surface area contributed by atoms with Crippen molar-refractivity contribution in [2.24, 2.45) is 0 Å². The molecule has 0 radical (unpaired) electrons. The van der Waals surface area contributed by atoms with Crippen LogP contribution in [-0.4, -0.2) is 22.1 Å². The summed E-state index contributed by atoms with van der Waals surface area (Å²) in [4.78, 5) is 0. The second kappa shape index (κ2) is 6.61. The van der Waals surface area contributed by atoms with Gasteiger partial charge in [-0.05, 0) is 25.5 Å². The summed E-state index contributed by atoms with van der Waals surface area (Å²) in [5, 5.41) is 9.25. The molecule has 1 unspecified atom stereocenters. The van der Waals surface area contributed by atoms with E-state index in [1.807, 2.05) is 31.2 Å². The van der Waals surface area contributed by atoms with Crippen LogP contribution in [0.3, 0.4) is 0 Å². The largest absolute Gasteiger partial charge is 0.493 e. The second-order valence-corrected chi connectivity index (χ2v) is 5.53. The van der Waals surface area contributed by atoms with Gasteiger partial charge in [0, 0.05) is 5.25 Å². The molecular formula is C14H18N2O2S. The molecular weight excluding hydrogens is 260 g/mol. The lowest BCUT2D eigenvalue weighted by Crippen LogP contribution is -1.93. The van der Waals surface area contributed by atoms with Crippen LogP contribution in [0.2, 0.25) is 0 Å². The minimum atomic E-state index is 0.468. The highest BCUT2D eigenvalue weighted by Crippen LogP contribution is 2.32.